The van der Waals surface area contributed by atoms with Crippen LogP contribution in [0.4, 0.5) is 0 Å². The van der Waals surface area contributed by atoms with E-state index in [1.165, 1.54) is 19.3 Å². The van der Waals surface area contributed by atoms with Crippen molar-refractivity contribution < 1.29 is 9.53 Å². The quantitative estimate of drug-likeness (QED) is 0.833. The number of nitrogens with one attached hydrogen (secondary N) is 2. The van der Waals surface area contributed by atoms with E-state index in [2.05, 4.69) is 31.4 Å². The van der Waals surface area contributed by atoms with Gasteiger partial charge >= 0.3 is 0 Å². The van der Waals surface area contributed by atoms with Crippen LogP contribution in [-0.4, -0.2) is 37.7 Å². The number of hydrogen-bond acceptors (Lipinski definition) is 3. The molecule has 2 rings (SSSR count). The lowest BCUT2D eigenvalue weighted by molar-refractivity contribution is -0.126. The van der Waals surface area contributed by atoms with E-state index in [0.29, 0.717) is 25.0 Å². The third-order valence-corrected chi connectivity index (χ3v) is 4.64. The summed E-state index contributed by atoms with van der Waals surface area (Å²) in [6.07, 6.45) is 5.41. The highest BCUT2D eigenvalue weighted by molar-refractivity contribution is 5.76. The van der Waals surface area contributed by atoms with E-state index >= 15 is 0 Å². The van der Waals surface area contributed by atoms with Crippen LogP contribution < -0.4 is 10.6 Å². The maximum absolute atomic E-state index is 12.2. The van der Waals surface area contributed by atoms with Crippen LogP contribution in [0.2, 0.25) is 0 Å². The number of amides is 1. The van der Waals surface area contributed by atoms with Gasteiger partial charge in [-0.25, -0.2) is 0 Å². The van der Waals surface area contributed by atoms with Crippen LogP contribution >= 0.6 is 0 Å². The number of morpholine rings is 1. The van der Waals surface area contributed by atoms with Gasteiger partial charge in [0.05, 0.1) is 19.1 Å². The van der Waals surface area contributed by atoms with Gasteiger partial charge in [-0.3, -0.25) is 4.79 Å². The van der Waals surface area contributed by atoms with Crippen molar-refractivity contribution in [2.75, 3.05) is 19.7 Å². The summed E-state index contributed by atoms with van der Waals surface area (Å²) in [5.74, 6) is 0.741. The van der Waals surface area contributed by atoms with Crippen LogP contribution in [0.25, 0.3) is 0 Å². The topological polar surface area (TPSA) is 50.4 Å². The summed E-state index contributed by atoms with van der Waals surface area (Å²) in [6, 6.07) is 0.341. The van der Waals surface area contributed by atoms with Gasteiger partial charge < -0.3 is 15.4 Å². The van der Waals surface area contributed by atoms with Gasteiger partial charge in [0, 0.05) is 19.1 Å². The molecular weight excluding hydrogens is 252 g/mol. The van der Waals surface area contributed by atoms with Crippen molar-refractivity contribution >= 4 is 5.91 Å². The molecule has 0 aromatic heterocycles. The number of hydrogen-bond donors (Lipinski definition) is 2. The highest BCUT2D eigenvalue weighted by Crippen LogP contribution is 2.38. The number of ether oxygens (including phenoxy) is 1. The summed E-state index contributed by atoms with van der Waals surface area (Å²) in [7, 11) is 0. The first-order valence-electron chi connectivity index (χ1n) is 8.08. The van der Waals surface area contributed by atoms with Crippen molar-refractivity contribution in [3.05, 3.63) is 0 Å². The van der Waals surface area contributed by atoms with Crippen LogP contribution in [0.3, 0.4) is 0 Å². The molecule has 2 fully saturated rings. The average molecular weight is 282 g/mol. The molecule has 2 N–H and O–H groups in total. The third kappa shape index (κ3) is 4.45. The lowest BCUT2D eigenvalue weighted by atomic mass is 9.69. The Hall–Kier alpha value is -0.610. The summed E-state index contributed by atoms with van der Waals surface area (Å²) in [4.78, 5) is 12.2. The second kappa shape index (κ2) is 6.90. The largest absolute Gasteiger partial charge is 0.375 e. The summed E-state index contributed by atoms with van der Waals surface area (Å²) in [6.45, 7) is 9.27. The van der Waals surface area contributed by atoms with Crippen molar-refractivity contribution in [1.82, 2.24) is 10.6 Å². The Balaban J connectivity index is 1.84. The van der Waals surface area contributed by atoms with E-state index in [-0.39, 0.29) is 17.4 Å². The van der Waals surface area contributed by atoms with Crippen LogP contribution in [0, 0.1) is 11.3 Å². The van der Waals surface area contributed by atoms with Crippen molar-refractivity contribution in [3.63, 3.8) is 0 Å². The summed E-state index contributed by atoms with van der Waals surface area (Å²) < 4.78 is 5.61. The van der Waals surface area contributed by atoms with Gasteiger partial charge in [-0.15, -0.1) is 0 Å². The van der Waals surface area contributed by atoms with E-state index in [1.54, 1.807) is 0 Å². The molecule has 0 bridgehead atoms. The van der Waals surface area contributed by atoms with Gasteiger partial charge in [-0.1, -0.05) is 33.6 Å². The average Bonchev–Trinajstić information content (AvgIpc) is 2.39. The van der Waals surface area contributed by atoms with E-state index in [9.17, 15) is 4.79 Å². The molecule has 3 unspecified atom stereocenters. The van der Waals surface area contributed by atoms with Crippen LogP contribution in [-0.2, 0) is 9.53 Å². The molecule has 0 spiro atoms. The molecule has 0 aromatic rings. The Kier molecular flexibility index (Phi) is 5.44. The molecule has 0 radical (unpaired) electrons. The maximum atomic E-state index is 12.2. The van der Waals surface area contributed by atoms with Gasteiger partial charge in [0.15, 0.2) is 0 Å². The zero-order valence-electron chi connectivity index (χ0n) is 13.2. The fourth-order valence-corrected chi connectivity index (χ4v) is 3.56. The molecule has 1 heterocycles. The minimum atomic E-state index is 0.0421. The normalized spacial score (nSPS) is 31.9. The molecular formula is C16H30N2O2. The predicted molar refractivity (Wildman–Crippen MR) is 80.6 cm³/mol. The van der Waals surface area contributed by atoms with Gasteiger partial charge in [-0.2, -0.15) is 0 Å². The Morgan fingerprint density at radius 3 is 2.70 bits per heavy atom. The Labute approximate surface area is 123 Å². The molecule has 20 heavy (non-hydrogen) atoms. The first-order chi connectivity index (χ1) is 9.47. The van der Waals surface area contributed by atoms with Crippen molar-refractivity contribution in [3.8, 4) is 0 Å². The molecule has 0 aromatic carbocycles. The fourth-order valence-electron chi connectivity index (χ4n) is 3.56. The molecule has 1 amide bonds. The molecule has 4 heteroatoms. The van der Waals surface area contributed by atoms with E-state index in [4.69, 9.17) is 4.74 Å². The lowest BCUT2D eigenvalue weighted by Gasteiger charge is -2.41. The van der Waals surface area contributed by atoms with E-state index in [0.717, 1.165) is 19.5 Å². The molecule has 1 aliphatic carbocycles. The second-order valence-electron chi connectivity index (χ2n) is 7.33. The molecule has 1 aliphatic heterocycles. The van der Waals surface area contributed by atoms with Gasteiger partial charge in [0.1, 0.15) is 0 Å². The predicted octanol–water partition coefficient (Wildman–Crippen LogP) is 2.09. The number of rotatable bonds is 3. The first-order valence-corrected chi connectivity index (χ1v) is 8.08. The minimum Gasteiger partial charge on any atom is -0.375 e. The maximum Gasteiger partial charge on any atom is 0.222 e. The Morgan fingerprint density at radius 1 is 1.30 bits per heavy atom. The monoisotopic (exact) mass is 282 g/mol. The Morgan fingerprint density at radius 2 is 2.05 bits per heavy atom. The van der Waals surface area contributed by atoms with Crippen molar-refractivity contribution in [2.24, 2.45) is 11.3 Å². The van der Waals surface area contributed by atoms with E-state index < -0.39 is 0 Å². The molecule has 1 saturated carbocycles. The number of carbonyl (C=O) groups excluding carboxylic acids is 1. The van der Waals surface area contributed by atoms with E-state index in [1.807, 2.05) is 0 Å². The van der Waals surface area contributed by atoms with Crippen molar-refractivity contribution in [2.45, 2.75) is 65.0 Å². The molecule has 3 atom stereocenters. The summed E-state index contributed by atoms with van der Waals surface area (Å²) in [5.41, 5.74) is 0.265. The summed E-state index contributed by atoms with van der Waals surface area (Å²) >= 11 is 0. The van der Waals surface area contributed by atoms with Gasteiger partial charge in [-0.05, 0) is 24.2 Å². The highest BCUT2D eigenvalue weighted by Gasteiger charge is 2.35. The fraction of sp³-hybridized carbons (Fsp3) is 0.938. The SMILES string of the molecule is CC(C)(C)C1CCCCC1NC(=O)CC1CNCCO1. The number of carbonyl (C=O) groups is 1. The zero-order valence-corrected chi connectivity index (χ0v) is 13.2. The molecule has 2 aliphatic rings. The smallest absolute Gasteiger partial charge is 0.222 e. The van der Waals surface area contributed by atoms with Crippen LogP contribution in [0.15, 0.2) is 0 Å². The van der Waals surface area contributed by atoms with Crippen molar-refractivity contribution in [1.29, 1.82) is 0 Å². The van der Waals surface area contributed by atoms with Gasteiger partial charge in [0.25, 0.3) is 0 Å². The minimum absolute atomic E-state index is 0.0421. The second-order valence-corrected chi connectivity index (χ2v) is 7.33. The van der Waals surface area contributed by atoms with Gasteiger partial charge in [0.2, 0.25) is 5.91 Å². The first kappa shape index (κ1) is 15.8. The van der Waals surface area contributed by atoms with Crippen LogP contribution in [0.1, 0.15) is 52.9 Å². The van der Waals surface area contributed by atoms with Crippen LogP contribution in [0.5, 0.6) is 0 Å². The lowest BCUT2D eigenvalue weighted by Crippen LogP contribution is -2.48. The standard InChI is InChI=1S/C16H30N2O2/c1-16(2,3)13-6-4-5-7-14(13)18-15(19)10-12-11-17-8-9-20-12/h12-14,17H,4-11H2,1-3H3,(H,18,19). The zero-order chi connectivity index (χ0) is 14.6. The molecule has 4 nitrogen and oxygen atoms in total. The molecule has 1 saturated heterocycles. The Bertz CT molecular complexity index is 319. The molecule has 116 valence electrons. The third-order valence-electron chi connectivity index (χ3n) is 4.64. The summed E-state index contributed by atoms with van der Waals surface area (Å²) in [5, 5.41) is 6.55. The highest BCUT2D eigenvalue weighted by atomic mass is 16.5.